The van der Waals surface area contributed by atoms with Gasteiger partial charge in [0, 0.05) is 51.4 Å². The first-order valence-electron chi connectivity index (χ1n) is 9.70. The number of nitrogens with zero attached hydrogens (tertiary/aromatic N) is 1. The number of aliphatic imine (C=N–C) groups is 1. The average Bonchev–Trinajstić information content (AvgIpc) is 3.21. The molecule has 1 aliphatic rings. The van der Waals surface area contributed by atoms with Crippen molar-refractivity contribution in [1.82, 2.24) is 16.0 Å². The van der Waals surface area contributed by atoms with Gasteiger partial charge in [0.1, 0.15) is 0 Å². The Kier molecular flexibility index (Phi) is 9.65. The van der Waals surface area contributed by atoms with Gasteiger partial charge in [-0.05, 0) is 37.5 Å². The highest BCUT2D eigenvalue weighted by Gasteiger charge is 2.15. The molecule has 1 saturated heterocycles. The molecule has 1 aromatic rings. The van der Waals surface area contributed by atoms with E-state index < -0.39 is 0 Å². The number of carbonyl (C=O) groups excluding carboxylic acids is 1. The maximum absolute atomic E-state index is 11.8. The number of nitrogens with one attached hydrogen (secondary N) is 3. The van der Waals surface area contributed by atoms with E-state index in [9.17, 15) is 4.79 Å². The first kappa shape index (κ1) is 21.2. The quantitative estimate of drug-likeness (QED) is 0.328. The molecule has 1 fully saturated rings. The molecule has 7 nitrogen and oxygen atoms in total. The van der Waals surface area contributed by atoms with Crippen LogP contribution in [-0.4, -0.2) is 58.4 Å². The van der Waals surface area contributed by atoms with Gasteiger partial charge in [0.25, 0.3) is 5.91 Å². The summed E-state index contributed by atoms with van der Waals surface area (Å²) >= 11 is 0. The molecule has 0 bridgehead atoms. The Morgan fingerprint density at radius 1 is 1.26 bits per heavy atom. The molecular weight excluding hydrogens is 344 g/mol. The van der Waals surface area contributed by atoms with E-state index in [1.54, 1.807) is 7.05 Å². The molecule has 0 aromatic heterocycles. The molecule has 1 unspecified atom stereocenters. The summed E-state index contributed by atoms with van der Waals surface area (Å²) in [6.45, 7) is 7.21. The Morgan fingerprint density at radius 2 is 2.07 bits per heavy atom. The monoisotopic (exact) mass is 376 g/mol. The van der Waals surface area contributed by atoms with Crippen LogP contribution in [0.2, 0.25) is 0 Å². The summed E-state index contributed by atoms with van der Waals surface area (Å²) in [7, 11) is 1.75. The minimum atomic E-state index is -0.0443. The maximum atomic E-state index is 11.8. The molecule has 1 aliphatic heterocycles. The molecule has 150 valence electrons. The second-order valence-electron chi connectivity index (χ2n) is 6.57. The predicted molar refractivity (Wildman–Crippen MR) is 107 cm³/mol. The average molecular weight is 377 g/mol. The fourth-order valence-corrected chi connectivity index (χ4v) is 2.79. The Balaban J connectivity index is 1.59. The van der Waals surface area contributed by atoms with Gasteiger partial charge in [-0.15, -0.1) is 0 Å². The molecule has 7 heteroatoms. The van der Waals surface area contributed by atoms with Gasteiger partial charge in [-0.1, -0.05) is 12.1 Å². The molecule has 0 aliphatic carbocycles. The molecule has 0 saturated carbocycles. The molecule has 0 radical (unpaired) electrons. The highest BCUT2D eigenvalue weighted by Crippen LogP contribution is 2.12. The van der Waals surface area contributed by atoms with E-state index in [-0.39, 0.29) is 5.91 Å². The maximum Gasteiger partial charge on any atom is 0.251 e. The first-order valence-corrected chi connectivity index (χ1v) is 9.70. The van der Waals surface area contributed by atoms with Crippen LogP contribution in [0.1, 0.15) is 35.7 Å². The molecule has 1 aromatic carbocycles. The van der Waals surface area contributed by atoms with E-state index in [2.05, 4.69) is 20.9 Å². The number of carbonyl (C=O) groups is 1. The van der Waals surface area contributed by atoms with Gasteiger partial charge in [0.15, 0.2) is 5.96 Å². The van der Waals surface area contributed by atoms with Crippen molar-refractivity contribution in [3.63, 3.8) is 0 Å². The minimum absolute atomic E-state index is 0.0443. The van der Waals surface area contributed by atoms with Crippen LogP contribution in [0.3, 0.4) is 0 Å². The Hall–Kier alpha value is -2.12. The van der Waals surface area contributed by atoms with Crippen molar-refractivity contribution in [3.05, 3.63) is 35.4 Å². The Labute approximate surface area is 161 Å². The Morgan fingerprint density at radius 3 is 2.74 bits per heavy atom. The number of amides is 1. The van der Waals surface area contributed by atoms with E-state index in [0.717, 1.165) is 57.3 Å². The fourth-order valence-electron chi connectivity index (χ4n) is 2.79. The number of rotatable bonds is 10. The standard InChI is InChI=1S/C20H32N4O3/c1-3-22-19(25)18-7-5-16(6-8-18)13-24-20(21-2)23-10-4-11-26-14-17-9-12-27-15-17/h5-8,17H,3-4,9-15H2,1-2H3,(H,22,25)(H2,21,23,24). The smallest absolute Gasteiger partial charge is 0.251 e. The van der Waals surface area contributed by atoms with Crippen molar-refractivity contribution in [2.45, 2.75) is 26.3 Å². The van der Waals surface area contributed by atoms with Crippen LogP contribution in [-0.2, 0) is 16.0 Å². The van der Waals surface area contributed by atoms with Gasteiger partial charge < -0.3 is 25.4 Å². The summed E-state index contributed by atoms with van der Waals surface area (Å²) in [6, 6.07) is 7.58. The van der Waals surface area contributed by atoms with Crippen molar-refractivity contribution in [1.29, 1.82) is 0 Å². The van der Waals surface area contributed by atoms with Gasteiger partial charge in [0.2, 0.25) is 0 Å². The van der Waals surface area contributed by atoms with E-state index in [4.69, 9.17) is 9.47 Å². The van der Waals surface area contributed by atoms with Crippen LogP contribution in [0.4, 0.5) is 0 Å². The molecular formula is C20H32N4O3. The van der Waals surface area contributed by atoms with Crippen LogP contribution in [0.5, 0.6) is 0 Å². The number of benzene rings is 1. The number of ether oxygens (including phenoxy) is 2. The van der Waals surface area contributed by atoms with Crippen LogP contribution < -0.4 is 16.0 Å². The highest BCUT2D eigenvalue weighted by molar-refractivity contribution is 5.94. The molecule has 1 atom stereocenters. The number of guanidine groups is 1. The molecule has 1 amide bonds. The van der Waals surface area contributed by atoms with Crippen molar-refractivity contribution >= 4 is 11.9 Å². The third kappa shape index (κ3) is 7.97. The molecule has 3 N–H and O–H groups in total. The summed E-state index contributed by atoms with van der Waals surface area (Å²) in [6.07, 6.45) is 2.04. The van der Waals surface area contributed by atoms with E-state index >= 15 is 0 Å². The summed E-state index contributed by atoms with van der Waals surface area (Å²) in [5.41, 5.74) is 1.76. The van der Waals surface area contributed by atoms with E-state index in [1.165, 1.54) is 0 Å². The van der Waals surface area contributed by atoms with Crippen LogP contribution in [0.25, 0.3) is 0 Å². The summed E-state index contributed by atoms with van der Waals surface area (Å²) < 4.78 is 11.0. The van der Waals surface area contributed by atoms with Crippen LogP contribution >= 0.6 is 0 Å². The van der Waals surface area contributed by atoms with Gasteiger partial charge in [0.05, 0.1) is 13.2 Å². The third-order valence-electron chi connectivity index (χ3n) is 4.37. The highest BCUT2D eigenvalue weighted by atomic mass is 16.5. The zero-order valence-electron chi connectivity index (χ0n) is 16.4. The van der Waals surface area contributed by atoms with Crippen molar-refractivity contribution in [2.75, 3.05) is 46.6 Å². The zero-order chi connectivity index (χ0) is 19.3. The molecule has 2 rings (SSSR count). The molecule has 1 heterocycles. The lowest BCUT2D eigenvalue weighted by Gasteiger charge is -2.13. The number of hydrogen-bond acceptors (Lipinski definition) is 4. The summed E-state index contributed by atoms with van der Waals surface area (Å²) in [5, 5.41) is 9.35. The van der Waals surface area contributed by atoms with E-state index in [0.29, 0.717) is 24.6 Å². The van der Waals surface area contributed by atoms with E-state index in [1.807, 2.05) is 31.2 Å². The van der Waals surface area contributed by atoms with Crippen LogP contribution in [0.15, 0.2) is 29.3 Å². The normalized spacial score (nSPS) is 17.0. The van der Waals surface area contributed by atoms with Gasteiger partial charge in [-0.2, -0.15) is 0 Å². The predicted octanol–water partition coefficient (Wildman–Crippen LogP) is 1.54. The molecule has 0 spiro atoms. The SMILES string of the molecule is CCNC(=O)c1ccc(CNC(=NC)NCCCOCC2CCOC2)cc1. The topological polar surface area (TPSA) is 84.0 Å². The van der Waals surface area contributed by atoms with Crippen molar-refractivity contribution < 1.29 is 14.3 Å². The number of hydrogen-bond donors (Lipinski definition) is 3. The van der Waals surface area contributed by atoms with Gasteiger partial charge in [-0.25, -0.2) is 0 Å². The lowest BCUT2D eigenvalue weighted by Crippen LogP contribution is -2.37. The van der Waals surface area contributed by atoms with Gasteiger partial charge >= 0.3 is 0 Å². The van der Waals surface area contributed by atoms with Gasteiger partial charge in [-0.3, -0.25) is 9.79 Å². The van der Waals surface area contributed by atoms with Crippen LogP contribution in [0, 0.1) is 5.92 Å². The second-order valence-corrected chi connectivity index (χ2v) is 6.57. The second kappa shape index (κ2) is 12.3. The van der Waals surface area contributed by atoms with Crippen molar-refractivity contribution in [3.8, 4) is 0 Å². The minimum Gasteiger partial charge on any atom is -0.381 e. The van der Waals surface area contributed by atoms with Crippen molar-refractivity contribution in [2.24, 2.45) is 10.9 Å². The summed E-state index contributed by atoms with van der Waals surface area (Å²) in [4.78, 5) is 16.0. The molecule has 27 heavy (non-hydrogen) atoms. The lowest BCUT2D eigenvalue weighted by atomic mass is 10.1. The largest absolute Gasteiger partial charge is 0.381 e. The fraction of sp³-hybridized carbons (Fsp3) is 0.600. The first-order chi connectivity index (χ1) is 13.2. The summed E-state index contributed by atoms with van der Waals surface area (Å²) in [5.74, 6) is 1.27. The third-order valence-corrected chi connectivity index (χ3v) is 4.37. The zero-order valence-corrected chi connectivity index (χ0v) is 16.4. The lowest BCUT2D eigenvalue weighted by molar-refractivity contribution is 0.0888. The Bertz CT molecular complexity index is 583.